The van der Waals surface area contributed by atoms with Crippen LogP contribution in [0.5, 0.6) is 17.2 Å². The Bertz CT molecular complexity index is 1380. The summed E-state index contributed by atoms with van der Waals surface area (Å²) >= 11 is 0. The normalized spacial score (nSPS) is 16.6. The van der Waals surface area contributed by atoms with Crippen LogP contribution < -0.4 is 19.0 Å². The van der Waals surface area contributed by atoms with Crippen molar-refractivity contribution in [2.24, 2.45) is 0 Å². The molecule has 1 fully saturated rings. The first-order chi connectivity index (χ1) is 18.1. The predicted octanol–water partition coefficient (Wildman–Crippen LogP) is 5.61. The van der Waals surface area contributed by atoms with Gasteiger partial charge in [-0.15, -0.1) is 0 Å². The average Bonchev–Trinajstić information content (AvgIpc) is 3.16. The Hall–Kier alpha value is -3.31. The SMILES string of the molecule is COc1ccc2c(C(=O)c3ccc(OCCC4CCCCCN4)cc3)c(OS(=O)(=O)C(F)(F)F)ccc2c1. The molecule has 0 amide bonds. The number of hydrogen-bond donors (Lipinski definition) is 1. The molecule has 0 aromatic heterocycles. The molecule has 0 bridgehead atoms. The summed E-state index contributed by atoms with van der Waals surface area (Å²) < 4.78 is 78.0. The van der Waals surface area contributed by atoms with Gasteiger partial charge in [-0.1, -0.05) is 18.9 Å². The minimum absolute atomic E-state index is 0.125. The van der Waals surface area contributed by atoms with Crippen LogP contribution in [0.25, 0.3) is 10.8 Å². The van der Waals surface area contributed by atoms with E-state index in [9.17, 15) is 26.4 Å². The Labute approximate surface area is 219 Å². The topological polar surface area (TPSA) is 90.9 Å². The van der Waals surface area contributed by atoms with Gasteiger partial charge in [0.25, 0.3) is 0 Å². The van der Waals surface area contributed by atoms with Crippen LogP contribution in [0.4, 0.5) is 13.2 Å². The van der Waals surface area contributed by atoms with Crippen molar-refractivity contribution in [2.45, 2.75) is 43.7 Å². The van der Waals surface area contributed by atoms with Crippen LogP contribution in [0.1, 0.15) is 48.0 Å². The lowest BCUT2D eigenvalue weighted by atomic mass is 9.96. The summed E-state index contributed by atoms with van der Waals surface area (Å²) in [6.45, 7) is 1.49. The lowest BCUT2D eigenvalue weighted by Crippen LogP contribution is -2.29. The summed E-state index contributed by atoms with van der Waals surface area (Å²) in [5, 5.41) is 4.17. The van der Waals surface area contributed by atoms with Gasteiger partial charge < -0.3 is 19.0 Å². The highest BCUT2D eigenvalue weighted by molar-refractivity contribution is 7.88. The van der Waals surface area contributed by atoms with Gasteiger partial charge in [-0.2, -0.15) is 21.6 Å². The van der Waals surface area contributed by atoms with E-state index < -0.39 is 27.2 Å². The molecular formula is C27H28F3NO6S. The Morgan fingerprint density at radius 1 is 1.00 bits per heavy atom. The van der Waals surface area contributed by atoms with Gasteiger partial charge >= 0.3 is 15.6 Å². The summed E-state index contributed by atoms with van der Waals surface area (Å²) in [4.78, 5) is 13.5. The van der Waals surface area contributed by atoms with E-state index in [4.69, 9.17) is 9.47 Å². The molecule has 1 heterocycles. The van der Waals surface area contributed by atoms with Gasteiger partial charge in [0, 0.05) is 11.6 Å². The van der Waals surface area contributed by atoms with Crippen molar-refractivity contribution < 1.29 is 40.0 Å². The number of carbonyl (C=O) groups is 1. The van der Waals surface area contributed by atoms with Crippen molar-refractivity contribution in [1.82, 2.24) is 5.32 Å². The minimum atomic E-state index is -6.00. The van der Waals surface area contributed by atoms with Crippen LogP contribution in [0, 0.1) is 0 Å². The fourth-order valence-electron chi connectivity index (χ4n) is 4.40. The quantitative estimate of drug-likeness (QED) is 0.210. The molecule has 0 aliphatic carbocycles. The Kier molecular flexibility index (Phi) is 8.47. The second-order valence-corrected chi connectivity index (χ2v) is 10.5. The smallest absolute Gasteiger partial charge is 0.497 e. The van der Waals surface area contributed by atoms with Gasteiger partial charge in [0.05, 0.1) is 19.3 Å². The lowest BCUT2D eigenvalue weighted by Gasteiger charge is -2.16. The number of nitrogens with one attached hydrogen (secondary N) is 1. The van der Waals surface area contributed by atoms with Crippen molar-refractivity contribution in [3.63, 3.8) is 0 Å². The number of hydrogen-bond acceptors (Lipinski definition) is 7. The number of alkyl halides is 3. The highest BCUT2D eigenvalue weighted by Crippen LogP contribution is 2.36. The molecule has 11 heteroatoms. The molecule has 1 atom stereocenters. The van der Waals surface area contributed by atoms with E-state index in [1.165, 1.54) is 56.7 Å². The second-order valence-electron chi connectivity index (χ2n) is 9.00. The summed E-state index contributed by atoms with van der Waals surface area (Å²) in [5.74, 6) is -0.439. The number of rotatable bonds is 9. The van der Waals surface area contributed by atoms with E-state index in [1.54, 1.807) is 18.2 Å². The molecule has 0 saturated carbocycles. The Morgan fingerprint density at radius 2 is 1.74 bits per heavy atom. The maximum absolute atomic E-state index is 13.5. The molecule has 4 rings (SSSR count). The van der Waals surface area contributed by atoms with E-state index in [0.717, 1.165) is 25.5 Å². The molecule has 38 heavy (non-hydrogen) atoms. The van der Waals surface area contributed by atoms with Crippen LogP contribution in [0.2, 0.25) is 0 Å². The molecule has 1 unspecified atom stereocenters. The number of methoxy groups -OCH3 is 1. The zero-order chi connectivity index (χ0) is 27.3. The van der Waals surface area contributed by atoms with Crippen molar-refractivity contribution in [2.75, 3.05) is 20.3 Å². The monoisotopic (exact) mass is 551 g/mol. The standard InChI is InChI=1S/C27H28F3NO6S/c1-35-22-11-12-23-19(17-22)8-13-24(37-38(33,34)27(28,29)30)25(23)26(32)18-6-9-21(10-7-18)36-16-14-20-5-3-2-4-15-31-20/h6-13,17,20,31H,2-5,14-16H2,1H3. The van der Waals surface area contributed by atoms with Gasteiger partial charge in [0.15, 0.2) is 11.5 Å². The van der Waals surface area contributed by atoms with Crippen LogP contribution in [0.3, 0.4) is 0 Å². The van der Waals surface area contributed by atoms with Crippen LogP contribution in [-0.2, 0) is 10.1 Å². The zero-order valence-electron chi connectivity index (χ0n) is 20.7. The maximum atomic E-state index is 13.5. The Balaban J connectivity index is 1.59. The van der Waals surface area contributed by atoms with Gasteiger partial charge in [-0.05, 0) is 85.1 Å². The van der Waals surface area contributed by atoms with Crippen molar-refractivity contribution in [1.29, 1.82) is 0 Å². The summed E-state index contributed by atoms with van der Waals surface area (Å²) in [7, 11) is -4.56. The number of fused-ring (bicyclic) bond motifs is 1. The van der Waals surface area contributed by atoms with Crippen molar-refractivity contribution >= 4 is 26.7 Å². The average molecular weight is 552 g/mol. The fourth-order valence-corrected chi connectivity index (χ4v) is 4.87. The molecule has 1 aliphatic rings. The van der Waals surface area contributed by atoms with Crippen molar-refractivity contribution in [3.8, 4) is 17.2 Å². The highest BCUT2D eigenvalue weighted by Gasteiger charge is 2.49. The van der Waals surface area contributed by atoms with E-state index in [1.807, 2.05) is 0 Å². The van der Waals surface area contributed by atoms with Crippen LogP contribution in [-0.4, -0.2) is 46.0 Å². The maximum Gasteiger partial charge on any atom is 0.534 e. The molecule has 3 aromatic carbocycles. The third kappa shape index (κ3) is 6.39. The van der Waals surface area contributed by atoms with Gasteiger partial charge in [0.1, 0.15) is 11.5 Å². The van der Waals surface area contributed by atoms with Gasteiger partial charge in [0.2, 0.25) is 0 Å². The number of ketones is 1. The number of carbonyl (C=O) groups excluding carboxylic acids is 1. The molecular weight excluding hydrogens is 523 g/mol. The fraction of sp³-hybridized carbons (Fsp3) is 0.370. The third-order valence-corrected chi connectivity index (χ3v) is 7.38. The molecule has 1 saturated heterocycles. The summed E-state index contributed by atoms with van der Waals surface area (Å²) in [6.07, 6.45) is 5.52. The summed E-state index contributed by atoms with van der Waals surface area (Å²) in [6, 6.07) is 13.5. The molecule has 1 N–H and O–H groups in total. The van der Waals surface area contributed by atoms with Crippen molar-refractivity contribution in [3.05, 3.63) is 65.7 Å². The first-order valence-electron chi connectivity index (χ1n) is 12.2. The molecule has 7 nitrogen and oxygen atoms in total. The molecule has 1 aliphatic heterocycles. The first-order valence-corrected chi connectivity index (χ1v) is 13.6. The molecule has 3 aromatic rings. The molecule has 0 radical (unpaired) electrons. The van der Waals surface area contributed by atoms with E-state index in [2.05, 4.69) is 9.50 Å². The van der Waals surface area contributed by atoms with E-state index >= 15 is 0 Å². The predicted molar refractivity (Wildman–Crippen MR) is 136 cm³/mol. The van der Waals surface area contributed by atoms with E-state index in [-0.39, 0.29) is 16.5 Å². The summed E-state index contributed by atoms with van der Waals surface area (Å²) in [5.41, 5.74) is -5.85. The molecule has 204 valence electrons. The van der Waals surface area contributed by atoms with Gasteiger partial charge in [-0.3, -0.25) is 4.79 Å². The zero-order valence-corrected chi connectivity index (χ0v) is 21.5. The first kappa shape index (κ1) is 27.7. The molecule has 0 spiro atoms. The number of benzene rings is 3. The largest absolute Gasteiger partial charge is 0.534 e. The third-order valence-electron chi connectivity index (χ3n) is 6.41. The lowest BCUT2D eigenvalue weighted by molar-refractivity contribution is -0.0500. The number of halogens is 3. The Morgan fingerprint density at radius 3 is 2.45 bits per heavy atom. The van der Waals surface area contributed by atoms with Gasteiger partial charge in [-0.25, -0.2) is 0 Å². The second kappa shape index (κ2) is 11.6. The number of ether oxygens (including phenoxy) is 2. The highest BCUT2D eigenvalue weighted by atomic mass is 32.2. The van der Waals surface area contributed by atoms with Crippen LogP contribution in [0.15, 0.2) is 54.6 Å². The van der Waals surface area contributed by atoms with Crippen LogP contribution >= 0.6 is 0 Å². The minimum Gasteiger partial charge on any atom is -0.497 e. The van der Waals surface area contributed by atoms with E-state index in [0.29, 0.717) is 29.5 Å².